The lowest BCUT2D eigenvalue weighted by Crippen LogP contribution is -2.42. The minimum absolute atomic E-state index is 0. The predicted molar refractivity (Wildman–Crippen MR) is 90.1 cm³/mol. The average molecular weight is 396 g/mol. The maximum atomic E-state index is 5.32. The molecular formula is C13H17BrCl2N4O. The molecule has 0 atom stereocenters. The zero-order valence-electron chi connectivity index (χ0n) is 11.3. The Morgan fingerprint density at radius 3 is 2.71 bits per heavy atom. The highest BCUT2D eigenvalue weighted by molar-refractivity contribution is 9.10. The minimum atomic E-state index is 0. The number of piperazine rings is 1. The zero-order valence-corrected chi connectivity index (χ0v) is 14.5. The molecule has 2 aromatic rings. The summed E-state index contributed by atoms with van der Waals surface area (Å²) in [5.41, 5.74) is 0.963. The standard InChI is InChI=1S/C13H15BrN4O.2ClH/c14-11-3-1-2-10(8-11)13-16-12(19-17-13)9-18-6-4-15-5-7-18;;/h1-3,8,15H,4-7,9H2;2*1H. The zero-order chi connectivity index (χ0) is 13.1. The average Bonchev–Trinajstić information content (AvgIpc) is 2.88. The van der Waals surface area contributed by atoms with Crippen molar-refractivity contribution in [3.63, 3.8) is 0 Å². The van der Waals surface area contributed by atoms with E-state index in [0.717, 1.165) is 42.8 Å². The number of hydrogen-bond donors (Lipinski definition) is 1. The molecule has 116 valence electrons. The van der Waals surface area contributed by atoms with Gasteiger partial charge in [0.1, 0.15) is 0 Å². The normalized spacial score (nSPS) is 15.1. The van der Waals surface area contributed by atoms with Crippen LogP contribution in [0.25, 0.3) is 11.4 Å². The molecule has 1 fully saturated rings. The van der Waals surface area contributed by atoms with Gasteiger partial charge in [0.15, 0.2) is 0 Å². The monoisotopic (exact) mass is 394 g/mol. The summed E-state index contributed by atoms with van der Waals surface area (Å²) in [5.74, 6) is 1.32. The van der Waals surface area contributed by atoms with Crippen LogP contribution >= 0.6 is 40.7 Å². The van der Waals surface area contributed by atoms with Gasteiger partial charge in [-0.2, -0.15) is 4.98 Å². The van der Waals surface area contributed by atoms with Gasteiger partial charge in [-0.3, -0.25) is 4.90 Å². The van der Waals surface area contributed by atoms with Crippen molar-refractivity contribution in [2.75, 3.05) is 26.2 Å². The number of nitrogens with zero attached hydrogens (tertiary/aromatic N) is 3. The molecule has 1 aromatic heterocycles. The van der Waals surface area contributed by atoms with Crippen LogP contribution in [0.1, 0.15) is 5.89 Å². The Kier molecular flexibility index (Phi) is 7.62. The van der Waals surface area contributed by atoms with Gasteiger partial charge in [-0.25, -0.2) is 0 Å². The van der Waals surface area contributed by atoms with Crippen molar-refractivity contribution in [1.82, 2.24) is 20.4 Å². The Morgan fingerprint density at radius 2 is 2.00 bits per heavy atom. The van der Waals surface area contributed by atoms with Gasteiger partial charge in [0.05, 0.1) is 6.54 Å². The van der Waals surface area contributed by atoms with Gasteiger partial charge in [-0.05, 0) is 12.1 Å². The van der Waals surface area contributed by atoms with E-state index in [0.29, 0.717) is 11.7 Å². The Bertz CT molecular complexity index is 561. The molecule has 1 aliphatic rings. The minimum Gasteiger partial charge on any atom is -0.338 e. The molecule has 0 spiro atoms. The topological polar surface area (TPSA) is 54.2 Å². The second-order valence-corrected chi connectivity index (χ2v) is 5.46. The van der Waals surface area contributed by atoms with E-state index in [4.69, 9.17) is 4.52 Å². The molecule has 1 aliphatic heterocycles. The first-order chi connectivity index (χ1) is 9.31. The van der Waals surface area contributed by atoms with Crippen LogP contribution in [-0.2, 0) is 6.54 Å². The van der Waals surface area contributed by atoms with Gasteiger partial charge < -0.3 is 9.84 Å². The van der Waals surface area contributed by atoms with Gasteiger partial charge in [-0.1, -0.05) is 33.2 Å². The third kappa shape index (κ3) is 4.93. The first-order valence-electron chi connectivity index (χ1n) is 6.33. The number of hydrogen-bond acceptors (Lipinski definition) is 5. The molecule has 1 saturated heterocycles. The van der Waals surface area contributed by atoms with E-state index in [9.17, 15) is 0 Å². The van der Waals surface area contributed by atoms with Crippen LogP contribution in [0.2, 0.25) is 0 Å². The fourth-order valence-electron chi connectivity index (χ4n) is 2.12. The molecule has 8 heteroatoms. The second kappa shape index (κ2) is 8.70. The van der Waals surface area contributed by atoms with Gasteiger partial charge in [0, 0.05) is 36.2 Å². The van der Waals surface area contributed by atoms with E-state index in [-0.39, 0.29) is 24.8 Å². The Balaban J connectivity index is 0.00000110. The lowest BCUT2D eigenvalue weighted by molar-refractivity contribution is 0.203. The highest BCUT2D eigenvalue weighted by atomic mass is 79.9. The van der Waals surface area contributed by atoms with Crippen molar-refractivity contribution in [1.29, 1.82) is 0 Å². The summed E-state index contributed by atoms with van der Waals surface area (Å²) in [5, 5.41) is 7.37. The summed E-state index contributed by atoms with van der Waals surface area (Å²) < 4.78 is 6.34. The van der Waals surface area contributed by atoms with Crippen molar-refractivity contribution >= 4 is 40.7 Å². The Labute approximate surface area is 144 Å². The van der Waals surface area contributed by atoms with Gasteiger partial charge in [0.25, 0.3) is 0 Å². The van der Waals surface area contributed by atoms with Crippen LogP contribution in [0.4, 0.5) is 0 Å². The largest absolute Gasteiger partial charge is 0.338 e. The van der Waals surface area contributed by atoms with Crippen molar-refractivity contribution in [3.8, 4) is 11.4 Å². The summed E-state index contributed by atoms with van der Waals surface area (Å²) in [4.78, 5) is 6.77. The summed E-state index contributed by atoms with van der Waals surface area (Å²) in [6.45, 7) is 4.81. The highest BCUT2D eigenvalue weighted by Gasteiger charge is 2.15. The molecule has 3 rings (SSSR count). The summed E-state index contributed by atoms with van der Waals surface area (Å²) >= 11 is 3.44. The molecule has 1 aromatic carbocycles. The van der Waals surface area contributed by atoms with Crippen LogP contribution in [0.3, 0.4) is 0 Å². The van der Waals surface area contributed by atoms with E-state index in [1.807, 2.05) is 24.3 Å². The number of aromatic nitrogens is 2. The highest BCUT2D eigenvalue weighted by Crippen LogP contribution is 2.20. The smallest absolute Gasteiger partial charge is 0.241 e. The molecule has 0 aliphatic carbocycles. The van der Waals surface area contributed by atoms with E-state index in [1.165, 1.54) is 0 Å². The predicted octanol–water partition coefficient (Wildman–Crippen LogP) is 2.75. The van der Waals surface area contributed by atoms with Crippen LogP contribution in [0.5, 0.6) is 0 Å². The Hall–Kier alpha value is -0.660. The summed E-state index contributed by atoms with van der Waals surface area (Å²) in [7, 11) is 0. The molecule has 0 saturated carbocycles. The maximum absolute atomic E-state index is 5.32. The molecule has 1 N–H and O–H groups in total. The molecule has 0 bridgehead atoms. The SMILES string of the molecule is Brc1cccc(-c2noc(CN3CCNCC3)n2)c1.Cl.Cl. The van der Waals surface area contributed by atoms with Crippen LogP contribution in [-0.4, -0.2) is 41.2 Å². The van der Waals surface area contributed by atoms with E-state index >= 15 is 0 Å². The number of rotatable bonds is 3. The fraction of sp³-hybridized carbons (Fsp3) is 0.385. The number of nitrogens with one attached hydrogen (secondary N) is 1. The van der Waals surface area contributed by atoms with Gasteiger partial charge >= 0.3 is 0 Å². The maximum Gasteiger partial charge on any atom is 0.241 e. The van der Waals surface area contributed by atoms with Crippen LogP contribution in [0, 0.1) is 0 Å². The third-order valence-electron chi connectivity index (χ3n) is 3.12. The van der Waals surface area contributed by atoms with Gasteiger partial charge in [0.2, 0.25) is 11.7 Å². The number of benzene rings is 1. The first kappa shape index (κ1) is 18.4. The first-order valence-corrected chi connectivity index (χ1v) is 7.12. The molecule has 2 heterocycles. The van der Waals surface area contributed by atoms with E-state index in [2.05, 4.69) is 36.3 Å². The quantitative estimate of drug-likeness (QED) is 0.865. The van der Waals surface area contributed by atoms with Crippen molar-refractivity contribution in [2.45, 2.75) is 6.54 Å². The second-order valence-electron chi connectivity index (χ2n) is 4.55. The fourth-order valence-corrected chi connectivity index (χ4v) is 2.52. The summed E-state index contributed by atoms with van der Waals surface area (Å²) in [6, 6.07) is 7.90. The molecule has 0 unspecified atom stereocenters. The number of halogens is 3. The van der Waals surface area contributed by atoms with Crippen molar-refractivity contribution in [3.05, 3.63) is 34.6 Å². The summed E-state index contributed by atoms with van der Waals surface area (Å²) in [6.07, 6.45) is 0. The van der Waals surface area contributed by atoms with Gasteiger partial charge in [-0.15, -0.1) is 24.8 Å². The third-order valence-corrected chi connectivity index (χ3v) is 3.61. The lowest BCUT2D eigenvalue weighted by Gasteiger charge is -2.25. The Morgan fingerprint density at radius 1 is 1.24 bits per heavy atom. The molecule has 0 radical (unpaired) electrons. The van der Waals surface area contributed by atoms with E-state index < -0.39 is 0 Å². The molecular weight excluding hydrogens is 379 g/mol. The van der Waals surface area contributed by atoms with Crippen LogP contribution in [0.15, 0.2) is 33.3 Å². The molecule has 21 heavy (non-hydrogen) atoms. The van der Waals surface area contributed by atoms with Crippen molar-refractivity contribution < 1.29 is 4.52 Å². The van der Waals surface area contributed by atoms with E-state index in [1.54, 1.807) is 0 Å². The molecule has 5 nitrogen and oxygen atoms in total. The van der Waals surface area contributed by atoms with Crippen molar-refractivity contribution in [2.24, 2.45) is 0 Å². The lowest BCUT2D eigenvalue weighted by atomic mass is 10.2. The van der Waals surface area contributed by atoms with Crippen LogP contribution < -0.4 is 5.32 Å². The molecule has 0 amide bonds.